The van der Waals surface area contributed by atoms with Gasteiger partial charge in [-0.05, 0) is 64.9 Å². The summed E-state index contributed by atoms with van der Waals surface area (Å²) in [5, 5.41) is 20.3. The Morgan fingerprint density at radius 2 is 2.13 bits per heavy atom. The van der Waals surface area contributed by atoms with Gasteiger partial charge in [-0.15, -0.1) is 0 Å². The molecule has 2 aliphatic rings. The average molecular weight is 320 g/mol. The molecule has 2 aliphatic heterocycles. The first-order valence-corrected chi connectivity index (χ1v) is 8.83. The maximum absolute atomic E-state index is 10.7. The number of hydrogen-bond donors (Lipinski definition) is 2. The van der Waals surface area contributed by atoms with Crippen LogP contribution in [-0.2, 0) is 4.74 Å². The van der Waals surface area contributed by atoms with Crippen LogP contribution in [0.3, 0.4) is 0 Å². The Balaban J connectivity index is 2.43. The summed E-state index contributed by atoms with van der Waals surface area (Å²) in [4.78, 5) is 0. The third-order valence-electron chi connectivity index (χ3n) is 5.46. The predicted molar refractivity (Wildman–Crippen MR) is 94.2 cm³/mol. The van der Waals surface area contributed by atoms with Gasteiger partial charge in [0, 0.05) is 5.92 Å². The summed E-state index contributed by atoms with van der Waals surface area (Å²) in [5.74, 6) is 0.211. The van der Waals surface area contributed by atoms with Crippen LogP contribution in [0.15, 0.2) is 35.5 Å². The molecule has 0 aromatic carbocycles. The quantitative estimate of drug-likeness (QED) is 0.758. The molecule has 0 fully saturated rings. The Morgan fingerprint density at radius 1 is 1.39 bits per heavy atom. The third kappa shape index (κ3) is 4.56. The second-order valence-corrected chi connectivity index (χ2v) is 7.51. The number of rotatable bonds is 2. The number of aliphatic hydroxyl groups is 2. The summed E-state index contributed by atoms with van der Waals surface area (Å²) in [6.45, 7) is 10.5. The van der Waals surface area contributed by atoms with Crippen LogP contribution in [0.4, 0.5) is 0 Å². The molecule has 0 aromatic heterocycles. The van der Waals surface area contributed by atoms with Gasteiger partial charge in [0.15, 0.2) is 0 Å². The van der Waals surface area contributed by atoms with E-state index in [2.05, 4.69) is 32.6 Å². The molecule has 3 heteroatoms. The third-order valence-corrected chi connectivity index (χ3v) is 5.46. The Bertz CT molecular complexity index is 491. The standard InChI is InChI=1S/C20H32O3/c1-14(2)17-9-7-15(3)6-5-11-20(4)19(22)10-8-16(13-21)12-18(17)23-20/h6,12,17-19,21-22H,1,5,7-11,13H2,2-4H3/b15-6+,16-12?/t17-,18+,19-,20-/m1/s1. The topological polar surface area (TPSA) is 49.7 Å². The lowest BCUT2D eigenvalue weighted by atomic mass is 9.82. The lowest BCUT2D eigenvalue weighted by molar-refractivity contribution is -0.151. The molecule has 23 heavy (non-hydrogen) atoms. The zero-order valence-electron chi connectivity index (χ0n) is 14.8. The Kier molecular flexibility index (Phi) is 6.24. The van der Waals surface area contributed by atoms with E-state index in [9.17, 15) is 10.2 Å². The van der Waals surface area contributed by atoms with Crippen LogP contribution in [0.5, 0.6) is 0 Å². The number of allylic oxidation sites excluding steroid dienone is 2. The van der Waals surface area contributed by atoms with E-state index in [0.29, 0.717) is 6.42 Å². The van der Waals surface area contributed by atoms with Crippen molar-refractivity contribution in [3.63, 3.8) is 0 Å². The second kappa shape index (κ2) is 7.78. The lowest BCUT2D eigenvalue weighted by Crippen LogP contribution is -2.47. The van der Waals surface area contributed by atoms with Crippen LogP contribution in [0.2, 0.25) is 0 Å². The fourth-order valence-corrected chi connectivity index (χ4v) is 3.70. The van der Waals surface area contributed by atoms with Gasteiger partial charge in [0.2, 0.25) is 0 Å². The van der Waals surface area contributed by atoms with Crippen LogP contribution in [0.1, 0.15) is 59.3 Å². The van der Waals surface area contributed by atoms with Gasteiger partial charge in [-0.1, -0.05) is 29.9 Å². The largest absolute Gasteiger partial charge is 0.392 e. The molecular weight excluding hydrogens is 288 g/mol. The maximum atomic E-state index is 10.7. The Hall–Kier alpha value is -0.900. The van der Waals surface area contributed by atoms with Crippen molar-refractivity contribution in [1.82, 2.24) is 0 Å². The molecule has 0 amide bonds. The van der Waals surface area contributed by atoms with Crippen LogP contribution >= 0.6 is 0 Å². The van der Waals surface area contributed by atoms with Gasteiger partial charge in [-0.3, -0.25) is 0 Å². The summed E-state index contributed by atoms with van der Waals surface area (Å²) < 4.78 is 6.48. The SMILES string of the molecule is C=C(C)[C@H]1CC/C(C)=C/CC[C@@]2(C)O[C@H]1C=C(CO)CC[C@H]2O. The normalized spacial score (nSPS) is 38.6. The van der Waals surface area contributed by atoms with Crippen molar-refractivity contribution in [3.05, 3.63) is 35.5 Å². The molecule has 2 heterocycles. The Labute approximate surface area is 140 Å². The monoisotopic (exact) mass is 320 g/mol. The van der Waals surface area contributed by atoms with Crippen molar-refractivity contribution in [2.75, 3.05) is 6.61 Å². The van der Waals surface area contributed by atoms with Gasteiger partial charge < -0.3 is 14.9 Å². The van der Waals surface area contributed by atoms with Crippen molar-refractivity contribution in [1.29, 1.82) is 0 Å². The minimum Gasteiger partial charge on any atom is -0.392 e. The predicted octanol–water partition coefficient (Wildman–Crippen LogP) is 3.92. The summed E-state index contributed by atoms with van der Waals surface area (Å²) >= 11 is 0. The molecule has 0 spiro atoms. The van der Waals surface area contributed by atoms with E-state index in [-0.39, 0.29) is 18.6 Å². The molecule has 0 saturated heterocycles. The smallest absolute Gasteiger partial charge is 0.0923 e. The molecule has 0 radical (unpaired) electrons. The van der Waals surface area contributed by atoms with Crippen molar-refractivity contribution in [2.24, 2.45) is 5.92 Å². The summed E-state index contributed by atoms with van der Waals surface area (Å²) in [5.41, 5.74) is 2.92. The number of hydrogen-bond acceptors (Lipinski definition) is 3. The van der Waals surface area contributed by atoms with Gasteiger partial charge in [-0.25, -0.2) is 0 Å². The zero-order valence-corrected chi connectivity index (χ0v) is 14.8. The molecule has 0 aliphatic carbocycles. The number of ether oxygens (including phenoxy) is 1. The van der Waals surface area contributed by atoms with Gasteiger partial charge in [0.25, 0.3) is 0 Å². The summed E-state index contributed by atoms with van der Waals surface area (Å²) in [6, 6.07) is 0. The molecule has 130 valence electrons. The molecule has 3 nitrogen and oxygen atoms in total. The highest BCUT2D eigenvalue weighted by Crippen LogP contribution is 2.37. The van der Waals surface area contributed by atoms with E-state index in [1.165, 1.54) is 5.57 Å². The number of fused-ring (bicyclic) bond motifs is 2. The molecule has 2 bridgehead atoms. The molecule has 2 rings (SSSR count). The first-order valence-electron chi connectivity index (χ1n) is 8.83. The van der Waals surface area contributed by atoms with Gasteiger partial charge in [0.1, 0.15) is 0 Å². The minimum absolute atomic E-state index is 0.0329. The summed E-state index contributed by atoms with van der Waals surface area (Å²) in [6.07, 6.45) is 8.87. The first-order chi connectivity index (χ1) is 10.9. The maximum Gasteiger partial charge on any atom is 0.0923 e. The zero-order chi connectivity index (χ0) is 17.0. The Morgan fingerprint density at radius 3 is 2.78 bits per heavy atom. The van der Waals surface area contributed by atoms with Gasteiger partial charge in [-0.2, -0.15) is 0 Å². The van der Waals surface area contributed by atoms with E-state index in [4.69, 9.17) is 4.74 Å². The molecule has 4 atom stereocenters. The van der Waals surface area contributed by atoms with Crippen molar-refractivity contribution < 1.29 is 14.9 Å². The van der Waals surface area contributed by atoms with Crippen molar-refractivity contribution in [2.45, 2.75) is 77.1 Å². The average Bonchev–Trinajstić information content (AvgIpc) is 2.48. The van der Waals surface area contributed by atoms with Crippen LogP contribution < -0.4 is 0 Å². The van der Waals surface area contributed by atoms with Gasteiger partial charge >= 0.3 is 0 Å². The molecule has 0 saturated carbocycles. The van der Waals surface area contributed by atoms with Crippen LogP contribution in [0, 0.1) is 5.92 Å². The number of aliphatic hydroxyl groups excluding tert-OH is 2. The minimum atomic E-state index is -0.552. The summed E-state index contributed by atoms with van der Waals surface area (Å²) in [7, 11) is 0. The highest BCUT2D eigenvalue weighted by molar-refractivity contribution is 5.16. The van der Waals surface area contributed by atoms with Crippen LogP contribution in [0.25, 0.3) is 0 Å². The molecule has 0 unspecified atom stereocenters. The second-order valence-electron chi connectivity index (χ2n) is 7.51. The first kappa shape index (κ1) is 18.4. The molecule has 2 N–H and O–H groups in total. The molecular formula is C20H32O3. The van der Waals surface area contributed by atoms with Gasteiger partial charge in [0.05, 0.1) is 24.4 Å². The van der Waals surface area contributed by atoms with Crippen molar-refractivity contribution in [3.8, 4) is 0 Å². The van der Waals surface area contributed by atoms with E-state index < -0.39 is 11.7 Å². The van der Waals surface area contributed by atoms with E-state index in [0.717, 1.165) is 43.3 Å². The fourth-order valence-electron chi connectivity index (χ4n) is 3.70. The highest BCUT2D eigenvalue weighted by atomic mass is 16.5. The molecule has 0 aromatic rings. The lowest BCUT2D eigenvalue weighted by Gasteiger charge is -2.42. The highest BCUT2D eigenvalue weighted by Gasteiger charge is 2.39. The fraction of sp³-hybridized carbons (Fsp3) is 0.700. The van der Waals surface area contributed by atoms with Crippen molar-refractivity contribution >= 4 is 0 Å². The van der Waals surface area contributed by atoms with E-state index in [1.807, 2.05) is 6.92 Å². The van der Waals surface area contributed by atoms with E-state index >= 15 is 0 Å². The van der Waals surface area contributed by atoms with Crippen LogP contribution in [-0.4, -0.2) is 34.6 Å². The van der Waals surface area contributed by atoms with E-state index in [1.54, 1.807) is 0 Å².